The van der Waals surface area contributed by atoms with Gasteiger partial charge in [-0.3, -0.25) is 24.1 Å². The van der Waals surface area contributed by atoms with E-state index in [2.05, 4.69) is 79.7 Å². The van der Waals surface area contributed by atoms with Crippen LogP contribution in [0.3, 0.4) is 0 Å². The Morgan fingerprint density at radius 2 is 1.34 bits per heavy atom. The molecule has 4 aromatic carbocycles. The van der Waals surface area contributed by atoms with E-state index in [9.17, 15) is 19.2 Å². The van der Waals surface area contributed by atoms with Gasteiger partial charge in [-0.2, -0.15) is 13.4 Å². The Kier molecular flexibility index (Phi) is 13.2. The molecule has 8 aromatic rings. The second kappa shape index (κ2) is 19.6. The molecular weight excluding hydrogens is 905 g/mol. The molecule has 322 valence electrons. The van der Waals surface area contributed by atoms with Gasteiger partial charge in [-0.25, -0.2) is 9.97 Å². The van der Waals surface area contributed by atoms with Gasteiger partial charge in [-0.1, -0.05) is 87.6 Å². The first-order valence-corrected chi connectivity index (χ1v) is 24.5. The van der Waals surface area contributed by atoms with Crippen LogP contribution in [0.5, 0.6) is 0 Å². The van der Waals surface area contributed by atoms with Crippen molar-refractivity contribution < 1.29 is 19.2 Å². The summed E-state index contributed by atoms with van der Waals surface area (Å²) in [6, 6.07) is 33.0. The van der Waals surface area contributed by atoms with Gasteiger partial charge in [-0.15, -0.1) is 39.6 Å². The topological polar surface area (TPSA) is 153 Å². The van der Waals surface area contributed by atoms with Gasteiger partial charge in [0.2, 0.25) is 0 Å². The van der Waals surface area contributed by atoms with E-state index in [-0.39, 0.29) is 20.6 Å². The van der Waals surface area contributed by atoms with Crippen LogP contribution in [0.15, 0.2) is 114 Å². The summed E-state index contributed by atoms with van der Waals surface area (Å²) >= 11 is 5.83. The number of carbonyl (C=O) groups excluding carboxylic acids is 3. The Hall–Kier alpha value is -6.31. The molecule has 0 bridgehead atoms. The average molecular weight is 943 g/mol. The number of rotatable bonds is 17. The number of nitrogens with zero attached hydrogens (tertiary/aromatic N) is 7. The van der Waals surface area contributed by atoms with Crippen LogP contribution in [0.4, 0.5) is 21.9 Å². The van der Waals surface area contributed by atoms with Crippen LogP contribution in [-0.2, 0) is 14.4 Å². The number of aromatic nitrogens is 5. The van der Waals surface area contributed by atoms with Crippen LogP contribution in [0, 0.1) is 0 Å². The predicted molar refractivity (Wildman–Crippen MR) is 259 cm³/mol. The first-order valence-electron chi connectivity index (χ1n) is 20.5. The third kappa shape index (κ3) is 8.91. The normalized spacial score (nSPS) is 13.9. The van der Waals surface area contributed by atoms with Crippen molar-refractivity contribution in [3.8, 4) is 31.6 Å². The fourth-order valence-corrected chi connectivity index (χ4v) is 11.8. The molecule has 1 saturated heterocycles. The quantitative estimate of drug-likeness (QED) is 0.0525. The smallest absolute Gasteiger partial charge is 0.322 e. The molecule has 1 aliphatic rings. The lowest BCUT2D eigenvalue weighted by Gasteiger charge is -2.25. The highest BCUT2D eigenvalue weighted by molar-refractivity contribution is 8.23. The van der Waals surface area contributed by atoms with E-state index < -0.39 is 16.7 Å². The van der Waals surface area contributed by atoms with Crippen LogP contribution in [0.1, 0.15) is 50.3 Å². The zero-order chi connectivity index (χ0) is 44.0. The summed E-state index contributed by atoms with van der Waals surface area (Å²) in [5.74, 6) is -0.486. The number of benzene rings is 4. The Balaban J connectivity index is 0.964. The molecule has 4 aromatic heterocycles. The molecule has 5 heterocycles. The molecule has 1 aliphatic heterocycles. The van der Waals surface area contributed by atoms with Crippen LogP contribution < -0.4 is 25.2 Å². The Morgan fingerprint density at radius 3 is 2.02 bits per heavy atom. The largest absolute Gasteiger partial charge is 0.331 e. The van der Waals surface area contributed by atoms with Crippen LogP contribution in [0.25, 0.3) is 53.6 Å². The van der Waals surface area contributed by atoms with Gasteiger partial charge in [0.05, 0.1) is 21.1 Å². The summed E-state index contributed by atoms with van der Waals surface area (Å²) in [7, 11) is 0. The van der Waals surface area contributed by atoms with E-state index in [4.69, 9.17) is 9.82 Å². The number of unbranched alkanes of at least 4 members (excludes halogenated alkanes) is 5. The predicted octanol–water partition coefficient (Wildman–Crippen LogP) is 9.92. The number of imide groups is 1. The number of thioether (sulfide) groups is 1. The number of fused-ring (bicyclic) bond motifs is 1. The summed E-state index contributed by atoms with van der Waals surface area (Å²) in [6.07, 6.45) is 11.3. The van der Waals surface area contributed by atoms with Crippen molar-refractivity contribution in [3.63, 3.8) is 0 Å². The van der Waals surface area contributed by atoms with Crippen LogP contribution >= 0.6 is 57.5 Å². The second-order valence-corrected chi connectivity index (χ2v) is 19.2. The maximum Gasteiger partial charge on any atom is 0.322 e. The summed E-state index contributed by atoms with van der Waals surface area (Å²) in [5.41, 5.74) is 9.02. The number of amides is 2. The number of para-hydroxylation sites is 2. The first kappa shape index (κ1) is 43.0. The van der Waals surface area contributed by atoms with E-state index in [1.807, 2.05) is 54.7 Å². The van der Waals surface area contributed by atoms with Gasteiger partial charge in [0, 0.05) is 52.0 Å². The van der Waals surface area contributed by atoms with E-state index in [0.717, 1.165) is 115 Å². The van der Waals surface area contributed by atoms with Gasteiger partial charge in [0.1, 0.15) is 30.6 Å². The highest BCUT2D eigenvalue weighted by atomic mass is 32.2. The van der Waals surface area contributed by atoms with Gasteiger partial charge in [-0.05, 0) is 78.4 Å². The molecule has 0 saturated carbocycles. The van der Waals surface area contributed by atoms with Gasteiger partial charge in [0.15, 0.2) is 0 Å². The molecule has 0 aliphatic carbocycles. The van der Waals surface area contributed by atoms with E-state index in [0.29, 0.717) is 33.9 Å². The lowest BCUT2D eigenvalue weighted by Crippen LogP contribution is -2.39. The number of carbonyl (C=O) groups is 3. The number of hydrogen-bond donors (Lipinski definition) is 1. The number of hydrogen-bond acceptors (Lipinski definition) is 16. The van der Waals surface area contributed by atoms with E-state index in [1.165, 1.54) is 16.2 Å². The highest BCUT2D eigenvalue weighted by Gasteiger charge is 2.36. The van der Waals surface area contributed by atoms with Crippen molar-refractivity contribution in [1.82, 2.24) is 28.3 Å². The lowest BCUT2D eigenvalue weighted by molar-refractivity contribution is -0.127. The fraction of sp³-hybridized carbons (Fsp3) is 0.174. The summed E-state index contributed by atoms with van der Waals surface area (Å²) < 4.78 is 10.7. The molecule has 9 rings (SSSR count). The molecule has 0 unspecified atom stereocenters. The monoisotopic (exact) mass is 942 g/mol. The molecule has 64 heavy (non-hydrogen) atoms. The van der Waals surface area contributed by atoms with Gasteiger partial charge in [0.25, 0.3) is 16.7 Å². The Bertz CT molecular complexity index is 3110. The molecule has 0 radical (unpaired) electrons. The maximum absolute atomic E-state index is 13.7. The lowest BCUT2D eigenvalue weighted by atomic mass is 10.1. The minimum atomic E-state index is -0.560. The van der Waals surface area contributed by atoms with Crippen molar-refractivity contribution in [2.24, 2.45) is 0 Å². The second-order valence-electron chi connectivity index (χ2n) is 14.6. The van der Waals surface area contributed by atoms with Gasteiger partial charge >= 0.3 is 6.47 Å². The molecule has 13 nitrogen and oxygen atoms in total. The van der Waals surface area contributed by atoms with Crippen molar-refractivity contribution in [3.05, 3.63) is 134 Å². The highest BCUT2D eigenvalue weighted by Crippen LogP contribution is 2.41. The minimum absolute atomic E-state index is 0.0857. The zero-order valence-corrected chi connectivity index (χ0v) is 38.3. The Morgan fingerprint density at radius 1 is 0.719 bits per heavy atom. The number of nitrogens with one attached hydrogen (secondary N) is 1. The van der Waals surface area contributed by atoms with Crippen molar-refractivity contribution in [2.75, 3.05) is 17.0 Å². The average Bonchev–Trinajstić information content (AvgIpc) is 4.19. The fourth-order valence-electron chi connectivity index (χ4n) is 7.29. The number of thiazole rings is 3. The molecular formula is C46H38N8O5S5. The van der Waals surface area contributed by atoms with Crippen LogP contribution in [-0.4, -0.2) is 52.5 Å². The zero-order valence-electron chi connectivity index (χ0n) is 34.2. The molecule has 2 amide bonds. The molecule has 18 heteroatoms. The summed E-state index contributed by atoms with van der Waals surface area (Å²) in [6.45, 7) is 2.58. The standard InChI is InChI=1S/C46H38N8O5S5/c1-2-3-4-5-6-13-24-52-44(57)40(63-46(52)58)45-54(51-59-28-55)43(56)36(62-45)25-33-26-47-41(60-33)34-22-23-35(39-38(34)49-64-50-39)42-48-27-37(61-42)29-18-20-32(21-19-29)53(30-14-9-7-10-15-30)31-16-11-8-12-17-31/h7-12,14-23,25-28,51H,2-6,13,24H2,1H3/b36-25+,45-40+. The first-order chi connectivity index (χ1) is 31.4. The van der Waals surface area contributed by atoms with Crippen molar-refractivity contribution >= 4 is 114 Å². The van der Waals surface area contributed by atoms with Gasteiger partial charge < -0.3 is 9.74 Å². The van der Waals surface area contributed by atoms with E-state index in [1.54, 1.807) is 23.6 Å². The maximum atomic E-state index is 13.7. The molecule has 0 atom stereocenters. The third-order valence-corrected chi connectivity index (χ3v) is 15.2. The Labute approximate surface area is 387 Å². The molecule has 1 N–H and O–H groups in total. The summed E-state index contributed by atoms with van der Waals surface area (Å²) in [5, 5.41) is 1.08. The van der Waals surface area contributed by atoms with Crippen LogP contribution in [0.2, 0.25) is 0 Å². The summed E-state index contributed by atoms with van der Waals surface area (Å²) in [4.78, 5) is 70.7. The van der Waals surface area contributed by atoms with E-state index >= 15 is 0 Å². The minimum Gasteiger partial charge on any atom is -0.331 e. The molecule has 0 spiro atoms. The SMILES string of the molecule is CCCCCCCCN1C(=O)S/C(=c2/s/c(=C/c3cnc(-c4ccc(-c5ncc(-c6ccc(N(c7ccccc7)c7ccccc7)cc6)s5)c5nsnc45)s3)c(=O)n2NOC=O)C1=O. The van der Waals surface area contributed by atoms with Crippen molar-refractivity contribution in [2.45, 2.75) is 45.4 Å². The number of anilines is 3. The molecule has 1 fully saturated rings. The third-order valence-electron chi connectivity index (χ3n) is 10.4. The van der Waals surface area contributed by atoms with Crippen molar-refractivity contribution in [1.29, 1.82) is 0 Å².